The van der Waals surface area contributed by atoms with E-state index in [4.69, 9.17) is 0 Å². The number of hydrogen-bond donors (Lipinski definition) is 1. The Labute approximate surface area is 160 Å². The molecule has 1 heteroatoms. The van der Waals surface area contributed by atoms with E-state index in [9.17, 15) is 5.11 Å². The van der Waals surface area contributed by atoms with E-state index in [0.29, 0.717) is 0 Å². The van der Waals surface area contributed by atoms with Crippen molar-refractivity contribution in [3.8, 4) is 0 Å². The van der Waals surface area contributed by atoms with Gasteiger partial charge in [-0.25, -0.2) is 0 Å². The van der Waals surface area contributed by atoms with Crippen molar-refractivity contribution in [3.63, 3.8) is 0 Å². The molecular weight excluding hydrogens is 316 g/mol. The minimum atomic E-state index is -0.119. The maximum atomic E-state index is 10.2. The summed E-state index contributed by atoms with van der Waals surface area (Å²) in [5.74, 6) is 0. The van der Waals surface area contributed by atoms with Gasteiger partial charge in [0.25, 0.3) is 0 Å². The van der Waals surface area contributed by atoms with Gasteiger partial charge in [0.1, 0.15) is 0 Å². The molecule has 0 heterocycles. The van der Waals surface area contributed by atoms with Crippen LogP contribution in [-0.4, -0.2) is 11.2 Å². The zero-order valence-corrected chi connectivity index (χ0v) is 16.7. The van der Waals surface area contributed by atoms with Crippen LogP contribution in [0, 0.1) is 0 Å². The van der Waals surface area contributed by atoms with Crippen LogP contribution in [0.15, 0.2) is 60.7 Å². The van der Waals surface area contributed by atoms with Crippen molar-refractivity contribution < 1.29 is 5.11 Å². The lowest BCUT2D eigenvalue weighted by molar-refractivity contribution is 0.146. The first-order chi connectivity index (χ1) is 12.7. The quantitative estimate of drug-likeness (QED) is 0.413. The lowest BCUT2D eigenvalue weighted by Crippen LogP contribution is -2.23. The van der Waals surface area contributed by atoms with E-state index in [1.165, 1.54) is 36.8 Å². The van der Waals surface area contributed by atoms with E-state index < -0.39 is 0 Å². The van der Waals surface area contributed by atoms with Crippen molar-refractivity contribution in [2.45, 2.75) is 83.2 Å². The Morgan fingerprint density at radius 3 is 1.73 bits per heavy atom. The summed E-state index contributed by atoms with van der Waals surface area (Å²) in [6, 6.07) is 21.7. The summed E-state index contributed by atoms with van der Waals surface area (Å²) in [5, 5.41) is 10.2. The summed E-state index contributed by atoms with van der Waals surface area (Å²) in [6.45, 7) is 4.59. The summed E-state index contributed by atoms with van der Waals surface area (Å²) in [6.07, 6.45) is 10.1. The van der Waals surface area contributed by atoms with Crippen molar-refractivity contribution in [2.24, 2.45) is 0 Å². The van der Waals surface area contributed by atoms with Crippen LogP contribution < -0.4 is 0 Å². The predicted molar refractivity (Wildman–Crippen MR) is 113 cm³/mol. The highest BCUT2D eigenvalue weighted by molar-refractivity contribution is 5.38. The zero-order chi connectivity index (χ0) is 18.7. The Kier molecular flexibility index (Phi) is 8.91. The standard InChI is InChI=1S/C25H36O/c1-3-4-5-12-19-24(26)20-13-14-21-25(2,22-15-8-6-9-16-22)23-17-10-7-11-18-23/h6-11,15-18,24,26H,3-5,12-14,19-21H2,1-2H3. The molecule has 0 bridgehead atoms. The van der Waals surface area contributed by atoms with Crippen LogP contribution in [0.5, 0.6) is 0 Å². The Morgan fingerprint density at radius 2 is 1.23 bits per heavy atom. The molecule has 0 aliphatic heterocycles. The molecule has 0 radical (unpaired) electrons. The largest absolute Gasteiger partial charge is 0.393 e. The number of benzene rings is 2. The molecule has 0 aliphatic carbocycles. The van der Waals surface area contributed by atoms with Gasteiger partial charge in [-0.05, 0) is 30.4 Å². The molecule has 0 saturated heterocycles. The summed E-state index contributed by atoms with van der Waals surface area (Å²) in [7, 11) is 0. The third kappa shape index (κ3) is 6.29. The molecule has 0 fully saturated rings. The molecule has 26 heavy (non-hydrogen) atoms. The normalized spacial score (nSPS) is 12.9. The minimum absolute atomic E-state index is 0.0363. The van der Waals surface area contributed by atoms with Crippen molar-refractivity contribution in [3.05, 3.63) is 71.8 Å². The van der Waals surface area contributed by atoms with E-state index in [2.05, 4.69) is 74.5 Å². The first-order valence-corrected chi connectivity index (χ1v) is 10.5. The second-order valence-corrected chi connectivity index (χ2v) is 7.81. The molecule has 0 aromatic heterocycles. The SMILES string of the molecule is CCCCCCC(O)CCCCC(C)(c1ccccc1)c1ccccc1. The fourth-order valence-electron chi connectivity index (χ4n) is 3.88. The molecule has 1 unspecified atom stereocenters. The Bertz CT molecular complexity index is 551. The fourth-order valence-corrected chi connectivity index (χ4v) is 3.88. The smallest absolute Gasteiger partial charge is 0.0540 e. The second-order valence-electron chi connectivity index (χ2n) is 7.81. The Morgan fingerprint density at radius 1 is 0.731 bits per heavy atom. The number of unbranched alkanes of at least 4 members (excludes halogenated alkanes) is 4. The Balaban J connectivity index is 1.89. The van der Waals surface area contributed by atoms with Gasteiger partial charge in [-0.2, -0.15) is 0 Å². The molecule has 0 amide bonds. The van der Waals surface area contributed by atoms with E-state index in [0.717, 1.165) is 32.1 Å². The van der Waals surface area contributed by atoms with Crippen molar-refractivity contribution in [2.75, 3.05) is 0 Å². The molecule has 0 saturated carbocycles. The topological polar surface area (TPSA) is 20.2 Å². The van der Waals surface area contributed by atoms with Gasteiger partial charge in [0.05, 0.1) is 6.10 Å². The first-order valence-electron chi connectivity index (χ1n) is 10.5. The van der Waals surface area contributed by atoms with Gasteiger partial charge >= 0.3 is 0 Å². The average molecular weight is 353 g/mol. The van der Waals surface area contributed by atoms with Crippen LogP contribution >= 0.6 is 0 Å². The maximum Gasteiger partial charge on any atom is 0.0540 e. The summed E-state index contributed by atoms with van der Waals surface area (Å²) < 4.78 is 0. The highest BCUT2D eigenvalue weighted by atomic mass is 16.3. The van der Waals surface area contributed by atoms with E-state index in [1.54, 1.807) is 0 Å². The predicted octanol–water partition coefficient (Wildman–Crippen LogP) is 6.88. The molecule has 1 nitrogen and oxygen atoms in total. The van der Waals surface area contributed by atoms with Crippen LogP contribution in [-0.2, 0) is 5.41 Å². The van der Waals surface area contributed by atoms with Crippen LogP contribution in [0.3, 0.4) is 0 Å². The molecule has 1 atom stereocenters. The van der Waals surface area contributed by atoms with Gasteiger partial charge < -0.3 is 5.11 Å². The van der Waals surface area contributed by atoms with Crippen LogP contribution in [0.2, 0.25) is 0 Å². The van der Waals surface area contributed by atoms with Crippen molar-refractivity contribution in [1.29, 1.82) is 0 Å². The van der Waals surface area contributed by atoms with Crippen LogP contribution in [0.25, 0.3) is 0 Å². The van der Waals surface area contributed by atoms with Gasteiger partial charge in [-0.15, -0.1) is 0 Å². The molecule has 2 aromatic rings. The zero-order valence-electron chi connectivity index (χ0n) is 16.7. The molecule has 0 aliphatic rings. The lowest BCUT2D eigenvalue weighted by Gasteiger charge is -2.31. The number of rotatable bonds is 12. The highest BCUT2D eigenvalue weighted by Crippen LogP contribution is 2.36. The fraction of sp³-hybridized carbons (Fsp3) is 0.520. The summed E-state index contributed by atoms with van der Waals surface area (Å²) in [5.41, 5.74) is 2.80. The van der Waals surface area contributed by atoms with Crippen molar-refractivity contribution in [1.82, 2.24) is 0 Å². The number of hydrogen-bond acceptors (Lipinski definition) is 1. The maximum absolute atomic E-state index is 10.2. The average Bonchev–Trinajstić information content (AvgIpc) is 2.70. The van der Waals surface area contributed by atoms with Crippen molar-refractivity contribution >= 4 is 0 Å². The number of aliphatic hydroxyl groups excluding tert-OH is 1. The molecular formula is C25H36O. The summed E-state index contributed by atoms with van der Waals surface area (Å²) in [4.78, 5) is 0. The van der Waals surface area contributed by atoms with Crippen LogP contribution in [0.1, 0.15) is 82.8 Å². The molecule has 0 spiro atoms. The first kappa shape index (κ1) is 20.7. The van der Waals surface area contributed by atoms with Gasteiger partial charge in [0.15, 0.2) is 0 Å². The lowest BCUT2D eigenvalue weighted by atomic mass is 9.72. The van der Waals surface area contributed by atoms with Gasteiger partial charge in [-0.3, -0.25) is 0 Å². The minimum Gasteiger partial charge on any atom is -0.393 e. The summed E-state index contributed by atoms with van der Waals surface area (Å²) >= 11 is 0. The highest BCUT2D eigenvalue weighted by Gasteiger charge is 2.28. The van der Waals surface area contributed by atoms with E-state index in [-0.39, 0.29) is 11.5 Å². The van der Waals surface area contributed by atoms with E-state index in [1.807, 2.05) is 0 Å². The molecule has 2 rings (SSSR count). The third-order valence-corrected chi connectivity index (χ3v) is 5.68. The monoisotopic (exact) mass is 352 g/mol. The Hall–Kier alpha value is -1.60. The number of aliphatic hydroxyl groups is 1. The third-order valence-electron chi connectivity index (χ3n) is 5.68. The van der Waals surface area contributed by atoms with Gasteiger partial charge in [0, 0.05) is 5.41 Å². The van der Waals surface area contributed by atoms with Gasteiger partial charge in [-0.1, -0.05) is 113 Å². The molecule has 2 aromatic carbocycles. The second kappa shape index (κ2) is 11.2. The molecule has 1 N–H and O–H groups in total. The molecule has 142 valence electrons. The van der Waals surface area contributed by atoms with E-state index >= 15 is 0 Å². The van der Waals surface area contributed by atoms with Crippen LogP contribution in [0.4, 0.5) is 0 Å². The van der Waals surface area contributed by atoms with Gasteiger partial charge in [0.2, 0.25) is 0 Å².